The van der Waals surface area contributed by atoms with Crippen LogP contribution in [0, 0.1) is 40.4 Å². The highest BCUT2D eigenvalue weighted by Crippen LogP contribution is 2.56. The molecule has 4 aliphatic rings. The number of alkyl halides is 3. The Morgan fingerprint density at radius 2 is 1.66 bits per heavy atom. The van der Waals surface area contributed by atoms with E-state index < -0.39 is 69.7 Å². The summed E-state index contributed by atoms with van der Waals surface area (Å²) in [6, 6.07) is 13.7. The minimum Gasteiger partial charge on any atom is -0.489 e. The molecular formula is C55H68F3N9O8S. The largest absolute Gasteiger partial charge is 0.489 e. The van der Waals surface area contributed by atoms with Crippen LogP contribution in [0.1, 0.15) is 93.7 Å². The average Bonchev–Trinajstić information content (AvgIpc) is 3.98. The minimum absolute atomic E-state index is 0.0103. The van der Waals surface area contributed by atoms with Gasteiger partial charge in [-0.1, -0.05) is 72.7 Å². The van der Waals surface area contributed by atoms with Gasteiger partial charge in [0.1, 0.15) is 36.4 Å². The van der Waals surface area contributed by atoms with E-state index in [4.69, 9.17) is 14.2 Å². The number of pyridine rings is 1. The summed E-state index contributed by atoms with van der Waals surface area (Å²) >= 11 is 1.56. The predicted molar refractivity (Wildman–Crippen MR) is 278 cm³/mol. The van der Waals surface area contributed by atoms with Gasteiger partial charge in [-0.25, -0.2) is 9.97 Å². The number of piperazine rings is 1. The molecule has 0 bridgehead atoms. The molecule has 408 valence electrons. The molecule has 17 nitrogen and oxygen atoms in total. The number of likely N-dealkylation sites (tertiary alicyclic amines) is 1. The van der Waals surface area contributed by atoms with Crippen LogP contribution in [-0.2, 0) is 30.0 Å². The number of aromatic nitrogens is 2. The van der Waals surface area contributed by atoms with E-state index in [0.717, 1.165) is 33.8 Å². The predicted octanol–water partition coefficient (Wildman–Crippen LogP) is 6.15. The summed E-state index contributed by atoms with van der Waals surface area (Å²) in [5, 5.41) is 29.1. The number of rotatable bonds is 17. The fourth-order valence-electron chi connectivity index (χ4n) is 11.3. The number of anilines is 1. The quantitative estimate of drug-likeness (QED) is 0.0876. The number of nitrogens with one attached hydrogen (secondary N) is 3. The fraction of sp³-hybridized carbons (Fsp3) is 0.545. The number of halogens is 3. The third kappa shape index (κ3) is 12.2. The Hall–Kier alpha value is -6.18. The van der Waals surface area contributed by atoms with Crippen molar-refractivity contribution in [3.05, 3.63) is 94.3 Å². The molecule has 1 unspecified atom stereocenters. The normalized spacial score (nSPS) is 22.4. The van der Waals surface area contributed by atoms with Gasteiger partial charge in [0.05, 0.1) is 70.8 Å². The van der Waals surface area contributed by atoms with Crippen LogP contribution in [0.15, 0.2) is 66.3 Å². The summed E-state index contributed by atoms with van der Waals surface area (Å²) in [6.45, 7) is 19.2. The van der Waals surface area contributed by atoms with Gasteiger partial charge in [-0.15, -0.1) is 11.3 Å². The number of β-amino-alcohol motifs (C(OH)–C–C–N with tert-alkyl or cyclic N) is 1. The van der Waals surface area contributed by atoms with Crippen molar-refractivity contribution in [1.82, 2.24) is 35.7 Å². The summed E-state index contributed by atoms with van der Waals surface area (Å²) in [5.74, 6) is -0.936. The van der Waals surface area contributed by atoms with E-state index in [1.807, 2.05) is 85.2 Å². The number of hydrogen-bond acceptors (Lipinski definition) is 14. The maximum absolute atomic E-state index is 14.3. The molecule has 1 saturated carbocycles. The highest BCUT2D eigenvalue weighted by atomic mass is 32.1. The number of thiazole rings is 1. The van der Waals surface area contributed by atoms with Crippen molar-refractivity contribution < 1.29 is 51.7 Å². The number of benzene rings is 2. The van der Waals surface area contributed by atoms with E-state index >= 15 is 0 Å². The van der Waals surface area contributed by atoms with E-state index in [9.17, 15) is 42.7 Å². The van der Waals surface area contributed by atoms with Crippen molar-refractivity contribution >= 4 is 40.8 Å². The molecule has 8 rings (SSSR count). The zero-order valence-electron chi connectivity index (χ0n) is 44.2. The van der Waals surface area contributed by atoms with Crippen LogP contribution < -0.4 is 25.6 Å². The molecule has 4 atom stereocenters. The van der Waals surface area contributed by atoms with Crippen molar-refractivity contribution in [3.8, 4) is 22.3 Å². The third-order valence-corrected chi connectivity index (χ3v) is 16.2. The lowest BCUT2D eigenvalue weighted by Crippen LogP contribution is -2.74. The first-order valence-corrected chi connectivity index (χ1v) is 26.5. The first-order valence-electron chi connectivity index (χ1n) is 25.6. The average molecular weight is 1070 g/mol. The first-order chi connectivity index (χ1) is 35.9. The van der Waals surface area contributed by atoms with Crippen LogP contribution in [0.3, 0.4) is 0 Å². The molecule has 4 amide bonds. The van der Waals surface area contributed by atoms with Gasteiger partial charge in [0.2, 0.25) is 17.7 Å². The SMILES string of the molecule is Cc1ncsc1-c1ccc([C@H](NC(=O)[C@@H]2C[C@@H](O)CN2C(=O)C(NC(=O)COCCN2CCN(c3ccc(C(=O)NC4C(C)(C)C(Oc5ccc(C#N)c(C(F)(F)F)c5)C4(C)C)cn3)CC2)C(C)(C)C)C2COC2)cc1. The molecule has 21 heteroatoms. The molecule has 4 N–H and O–H groups in total. The van der Waals surface area contributed by atoms with Gasteiger partial charge in [-0.05, 0) is 53.8 Å². The molecule has 0 spiro atoms. The molecule has 4 fully saturated rings. The van der Waals surface area contributed by atoms with E-state index in [1.54, 1.807) is 29.5 Å². The summed E-state index contributed by atoms with van der Waals surface area (Å²) < 4.78 is 58.4. The molecule has 2 aromatic heterocycles. The number of nitriles is 1. The molecule has 0 radical (unpaired) electrons. The van der Waals surface area contributed by atoms with Gasteiger partial charge in [-0.3, -0.25) is 24.1 Å². The van der Waals surface area contributed by atoms with Crippen LogP contribution in [0.2, 0.25) is 0 Å². The third-order valence-electron chi connectivity index (χ3n) is 15.3. The summed E-state index contributed by atoms with van der Waals surface area (Å²) in [5.41, 5.74) is 1.43. The van der Waals surface area contributed by atoms with Crippen LogP contribution in [0.25, 0.3) is 10.4 Å². The number of nitrogens with zero attached hydrogens (tertiary/aromatic N) is 6. The maximum Gasteiger partial charge on any atom is 0.417 e. The van der Waals surface area contributed by atoms with Gasteiger partial charge in [-0.2, -0.15) is 18.4 Å². The standard InChI is InChI=1S/C55H68F3N9O8S/c1-32-45(76-31-61-32)34-11-9-33(10-12-34)44(37-28-74-29-37)63-48(71)41-23-38(68)27-67(41)49(72)46(52(2,3)4)62-43(69)30-73-22-21-65-17-19-66(20-18-65)42-16-14-36(26-60-42)47(70)64-50-53(5,6)51(54(50,7)8)75-39-15-13-35(25-59)40(24-39)55(56,57)58/h9-16,24,26,31,37-38,41,44,46,50-51,68H,17-23,27-30H2,1-8H3,(H,62,69)(H,63,71)(H,64,70)/t38-,41+,44+,46?,50?,51?/m1/s1. The summed E-state index contributed by atoms with van der Waals surface area (Å²) in [4.78, 5) is 71.0. The molecular weight excluding hydrogens is 1000 g/mol. The van der Waals surface area contributed by atoms with Crippen LogP contribution in [-0.4, -0.2) is 145 Å². The molecule has 2 aromatic carbocycles. The Kier molecular flexibility index (Phi) is 16.5. The summed E-state index contributed by atoms with van der Waals surface area (Å²) in [7, 11) is 0. The van der Waals surface area contributed by atoms with Gasteiger partial charge >= 0.3 is 6.18 Å². The Balaban J connectivity index is 0.776. The number of aliphatic hydroxyl groups is 1. The van der Waals surface area contributed by atoms with Crippen LogP contribution in [0.5, 0.6) is 5.75 Å². The Morgan fingerprint density at radius 1 is 0.961 bits per heavy atom. The van der Waals surface area contributed by atoms with Crippen molar-refractivity contribution in [1.29, 1.82) is 5.26 Å². The first kappa shape index (κ1) is 56.0. The minimum atomic E-state index is -4.72. The molecule has 4 aromatic rings. The number of hydrogen-bond donors (Lipinski definition) is 4. The number of carbonyl (C=O) groups excluding carboxylic acids is 4. The molecule has 5 heterocycles. The van der Waals surface area contributed by atoms with Crippen molar-refractivity contribution in [2.45, 2.75) is 104 Å². The number of amides is 4. The smallest absolute Gasteiger partial charge is 0.417 e. The Bertz CT molecular complexity index is 2770. The lowest BCUT2D eigenvalue weighted by molar-refractivity contribution is -0.164. The maximum atomic E-state index is 14.3. The number of ether oxygens (including phenoxy) is 3. The lowest BCUT2D eigenvalue weighted by atomic mass is 9.49. The van der Waals surface area contributed by atoms with Gasteiger partial charge in [0.25, 0.3) is 5.91 Å². The zero-order valence-corrected chi connectivity index (χ0v) is 45.0. The number of carbonyl (C=O) groups is 4. The van der Waals surface area contributed by atoms with Crippen molar-refractivity contribution in [2.75, 3.05) is 70.6 Å². The summed E-state index contributed by atoms with van der Waals surface area (Å²) in [6.07, 6.45) is -4.61. The zero-order chi connectivity index (χ0) is 54.9. The molecule has 3 saturated heterocycles. The van der Waals surface area contributed by atoms with Gasteiger partial charge in [0.15, 0.2) is 0 Å². The second kappa shape index (κ2) is 22.4. The topological polar surface area (TPSA) is 212 Å². The van der Waals surface area contributed by atoms with E-state index in [-0.39, 0.29) is 61.7 Å². The van der Waals surface area contributed by atoms with Crippen LogP contribution in [0.4, 0.5) is 19.0 Å². The molecule has 3 aliphatic heterocycles. The number of aryl methyl sites for hydroxylation is 1. The second-order valence-electron chi connectivity index (χ2n) is 22.6. The second-order valence-corrected chi connectivity index (χ2v) is 23.4. The lowest BCUT2D eigenvalue weighted by Gasteiger charge is -2.63. The van der Waals surface area contributed by atoms with E-state index in [1.165, 1.54) is 17.2 Å². The monoisotopic (exact) mass is 1070 g/mol. The van der Waals surface area contributed by atoms with E-state index in [2.05, 4.69) is 35.7 Å². The van der Waals surface area contributed by atoms with Crippen molar-refractivity contribution in [3.63, 3.8) is 0 Å². The number of aliphatic hydroxyl groups excluding tert-OH is 1. The van der Waals surface area contributed by atoms with Gasteiger partial charge in [0, 0.05) is 74.7 Å². The highest BCUT2D eigenvalue weighted by molar-refractivity contribution is 7.13. The van der Waals surface area contributed by atoms with Gasteiger partial charge < -0.3 is 45.1 Å². The fourth-order valence-corrected chi connectivity index (χ4v) is 12.1. The van der Waals surface area contributed by atoms with E-state index in [0.29, 0.717) is 57.3 Å². The van der Waals surface area contributed by atoms with Crippen LogP contribution >= 0.6 is 11.3 Å². The molecule has 76 heavy (non-hydrogen) atoms. The van der Waals surface area contributed by atoms with Crippen molar-refractivity contribution in [2.24, 2.45) is 22.2 Å². The Morgan fingerprint density at radius 3 is 2.24 bits per heavy atom. The Labute approximate surface area is 445 Å². The molecule has 1 aliphatic carbocycles. The highest BCUT2D eigenvalue weighted by Gasteiger charge is 2.64.